The van der Waals surface area contributed by atoms with Gasteiger partial charge in [0.1, 0.15) is 0 Å². The molecule has 1 unspecified atom stereocenters. The van der Waals surface area contributed by atoms with Crippen molar-refractivity contribution in [2.45, 2.75) is 33.1 Å². The van der Waals surface area contributed by atoms with Crippen LogP contribution in [0, 0.1) is 0 Å². The molecule has 0 aliphatic carbocycles. The van der Waals surface area contributed by atoms with Crippen LogP contribution >= 0.6 is 0 Å². The molecule has 0 bridgehead atoms. The Morgan fingerprint density at radius 2 is 1.67 bits per heavy atom. The standard InChI is InChI=1S/C5H13N3O2.C2H6/c9-6-8(10)7-4-2-1-3-5-7;1-2/h6,9-10H,1-5H2;1-2H3/p+1. The summed E-state index contributed by atoms with van der Waals surface area (Å²) in [5.74, 6) is 0. The first-order valence-electron chi connectivity index (χ1n) is 4.55. The predicted octanol–water partition coefficient (Wildman–Crippen LogP) is -0.419. The Morgan fingerprint density at radius 1 is 1.17 bits per heavy atom. The third-order valence-electron chi connectivity index (χ3n) is 1.76. The predicted molar refractivity (Wildman–Crippen MR) is 44.4 cm³/mol. The van der Waals surface area contributed by atoms with E-state index in [1.165, 1.54) is 6.42 Å². The SMILES string of the molecule is CC.ON[NH+](O)N1CCCCC1. The van der Waals surface area contributed by atoms with Gasteiger partial charge in [-0.15, -0.1) is 5.01 Å². The van der Waals surface area contributed by atoms with E-state index in [1.54, 1.807) is 10.6 Å². The van der Waals surface area contributed by atoms with Gasteiger partial charge in [0.15, 0.2) is 0 Å². The lowest BCUT2D eigenvalue weighted by Crippen LogP contribution is -3.22. The van der Waals surface area contributed by atoms with Gasteiger partial charge in [0.05, 0.1) is 13.1 Å². The summed E-state index contributed by atoms with van der Waals surface area (Å²) < 4.78 is 0. The van der Waals surface area contributed by atoms with Crippen molar-refractivity contribution in [3.8, 4) is 0 Å². The average molecular weight is 178 g/mol. The maximum absolute atomic E-state index is 8.96. The van der Waals surface area contributed by atoms with E-state index in [2.05, 4.69) is 0 Å². The minimum atomic E-state index is -0.125. The molecule has 0 saturated carbocycles. The summed E-state index contributed by atoms with van der Waals surface area (Å²) in [6, 6.07) is 0. The third kappa shape index (κ3) is 3.99. The van der Waals surface area contributed by atoms with Crippen molar-refractivity contribution in [2.75, 3.05) is 13.1 Å². The summed E-state index contributed by atoms with van der Waals surface area (Å²) in [6.45, 7) is 5.67. The van der Waals surface area contributed by atoms with E-state index in [0.717, 1.165) is 25.9 Å². The van der Waals surface area contributed by atoms with E-state index in [1.807, 2.05) is 13.8 Å². The highest BCUT2D eigenvalue weighted by molar-refractivity contribution is 4.54. The molecule has 5 heteroatoms. The molecule has 74 valence electrons. The largest absolute Gasteiger partial charge is 0.268 e. The van der Waals surface area contributed by atoms with Gasteiger partial charge in [-0.05, 0) is 18.1 Å². The highest BCUT2D eigenvalue weighted by Crippen LogP contribution is 2.02. The molecule has 5 nitrogen and oxygen atoms in total. The van der Waals surface area contributed by atoms with Crippen LogP contribution in [0.2, 0.25) is 0 Å². The van der Waals surface area contributed by atoms with Crippen molar-refractivity contribution in [1.82, 2.24) is 10.6 Å². The van der Waals surface area contributed by atoms with Crippen molar-refractivity contribution in [3.05, 3.63) is 0 Å². The highest BCUT2D eigenvalue weighted by atomic mass is 16.7. The lowest BCUT2D eigenvalue weighted by Gasteiger charge is -2.25. The molecule has 1 fully saturated rings. The van der Waals surface area contributed by atoms with E-state index in [0.29, 0.717) is 0 Å². The second-order valence-corrected chi connectivity index (χ2v) is 2.48. The lowest BCUT2D eigenvalue weighted by atomic mass is 10.2. The van der Waals surface area contributed by atoms with Crippen LogP contribution in [0.1, 0.15) is 33.1 Å². The molecule has 1 rings (SSSR count). The number of piperidine rings is 1. The molecule has 12 heavy (non-hydrogen) atoms. The summed E-state index contributed by atoms with van der Waals surface area (Å²) in [5.41, 5.74) is 1.73. The Hall–Kier alpha value is -0.200. The molecule has 1 atom stereocenters. The fourth-order valence-electron chi connectivity index (χ4n) is 1.18. The smallest absolute Gasteiger partial charge is 0.0530 e. The molecule has 0 radical (unpaired) electrons. The summed E-state index contributed by atoms with van der Waals surface area (Å²) in [6.07, 6.45) is 3.40. The van der Waals surface area contributed by atoms with E-state index in [9.17, 15) is 0 Å². The van der Waals surface area contributed by atoms with Crippen molar-refractivity contribution < 1.29 is 15.7 Å². The molecule has 1 aliphatic heterocycles. The summed E-state index contributed by atoms with van der Waals surface area (Å²) in [7, 11) is 0. The van der Waals surface area contributed by atoms with Gasteiger partial charge in [0, 0.05) is 5.59 Å². The Morgan fingerprint density at radius 3 is 2.08 bits per heavy atom. The quantitative estimate of drug-likeness (QED) is 0.434. The second kappa shape index (κ2) is 7.45. The molecule has 0 aromatic rings. The summed E-state index contributed by atoms with van der Waals surface area (Å²) in [4.78, 5) is 0. The fourth-order valence-corrected chi connectivity index (χ4v) is 1.18. The number of rotatable bonds is 2. The monoisotopic (exact) mass is 178 g/mol. The highest BCUT2D eigenvalue weighted by Gasteiger charge is 2.19. The number of nitrogens with zero attached hydrogens (tertiary/aromatic N) is 1. The van der Waals surface area contributed by atoms with Gasteiger partial charge in [-0.3, -0.25) is 5.21 Å². The van der Waals surface area contributed by atoms with Crippen molar-refractivity contribution in [2.24, 2.45) is 0 Å². The van der Waals surface area contributed by atoms with E-state index in [-0.39, 0.29) is 5.28 Å². The van der Waals surface area contributed by atoms with Crippen LogP contribution in [-0.2, 0) is 0 Å². The minimum Gasteiger partial charge on any atom is -0.268 e. The Balaban J connectivity index is 0.000000561. The fraction of sp³-hybridized carbons (Fsp3) is 1.00. The van der Waals surface area contributed by atoms with Crippen LogP contribution in [0.25, 0.3) is 0 Å². The number of hydrogen-bond acceptors (Lipinski definition) is 4. The third-order valence-corrected chi connectivity index (χ3v) is 1.76. The average Bonchev–Trinajstić information content (AvgIpc) is 2.21. The van der Waals surface area contributed by atoms with Crippen LogP contribution in [0.15, 0.2) is 0 Å². The minimum absolute atomic E-state index is 0.125. The van der Waals surface area contributed by atoms with Gasteiger partial charge in [0.2, 0.25) is 0 Å². The second-order valence-electron chi connectivity index (χ2n) is 2.48. The topological polar surface area (TPSA) is 60.2 Å². The number of hydrogen-bond donors (Lipinski definition) is 4. The van der Waals surface area contributed by atoms with Gasteiger partial charge in [-0.25, -0.2) is 0 Å². The Kier molecular flexibility index (Phi) is 7.33. The molecule has 0 aromatic heterocycles. The zero-order valence-electron chi connectivity index (χ0n) is 7.88. The summed E-state index contributed by atoms with van der Waals surface area (Å²) >= 11 is 0. The Bertz CT molecular complexity index is 96.7. The lowest BCUT2D eigenvalue weighted by molar-refractivity contribution is -1.23. The van der Waals surface area contributed by atoms with Gasteiger partial charge in [-0.2, -0.15) is 5.21 Å². The van der Waals surface area contributed by atoms with Crippen molar-refractivity contribution in [1.29, 1.82) is 0 Å². The zero-order valence-corrected chi connectivity index (χ0v) is 7.88. The first kappa shape index (κ1) is 11.8. The molecular formula is C7H20N3O2+. The molecule has 0 amide bonds. The molecule has 1 aliphatic rings. The Labute approximate surface area is 73.4 Å². The number of nitrogens with one attached hydrogen (secondary N) is 2. The van der Waals surface area contributed by atoms with E-state index < -0.39 is 0 Å². The normalized spacial score (nSPS) is 21.0. The van der Waals surface area contributed by atoms with Gasteiger partial charge >= 0.3 is 0 Å². The molecule has 0 aromatic carbocycles. The van der Waals surface area contributed by atoms with Gasteiger partial charge in [0.25, 0.3) is 0 Å². The number of quaternary nitrogens is 1. The molecule has 0 spiro atoms. The van der Waals surface area contributed by atoms with Gasteiger partial charge < -0.3 is 0 Å². The van der Waals surface area contributed by atoms with Crippen LogP contribution < -0.4 is 10.9 Å². The molecular weight excluding hydrogens is 158 g/mol. The summed E-state index contributed by atoms with van der Waals surface area (Å²) in [5, 5.41) is 18.9. The van der Waals surface area contributed by atoms with Crippen molar-refractivity contribution >= 4 is 0 Å². The molecule has 1 saturated heterocycles. The molecule has 4 N–H and O–H groups in total. The first-order chi connectivity index (χ1) is 5.84. The van der Waals surface area contributed by atoms with Gasteiger partial charge in [-0.1, -0.05) is 20.3 Å². The van der Waals surface area contributed by atoms with Crippen LogP contribution in [0.4, 0.5) is 0 Å². The molecule has 1 heterocycles. The van der Waals surface area contributed by atoms with Crippen molar-refractivity contribution in [3.63, 3.8) is 0 Å². The van der Waals surface area contributed by atoms with E-state index in [4.69, 9.17) is 10.4 Å². The zero-order chi connectivity index (χ0) is 9.40. The maximum atomic E-state index is 8.96. The van der Waals surface area contributed by atoms with Crippen LogP contribution in [-0.4, -0.2) is 28.5 Å². The van der Waals surface area contributed by atoms with Crippen LogP contribution in [0.3, 0.4) is 0 Å². The first-order valence-corrected chi connectivity index (χ1v) is 4.55. The van der Waals surface area contributed by atoms with E-state index >= 15 is 0 Å². The van der Waals surface area contributed by atoms with Crippen LogP contribution in [0.5, 0.6) is 0 Å². The maximum Gasteiger partial charge on any atom is 0.0530 e.